The SMILES string of the molecule is Cc1nc2c(S(=O)(=O)O)cccc2[nH]1.[H-].[K+]. The minimum atomic E-state index is -4.20. The molecule has 1 aromatic heterocycles. The number of benzene rings is 1. The molecule has 2 aromatic rings. The Bertz CT molecular complexity index is 596. The molecule has 0 aliphatic carbocycles. The van der Waals surface area contributed by atoms with Crippen molar-refractivity contribution in [1.29, 1.82) is 0 Å². The van der Waals surface area contributed by atoms with Gasteiger partial charge in [0.1, 0.15) is 16.2 Å². The van der Waals surface area contributed by atoms with E-state index in [0.717, 1.165) is 0 Å². The molecule has 0 saturated carbocycles. The van der Waals surface area contributed by atoms with Crippen LogP contribution in [0.4, 0.5) is 0 Å². The zero-order chi connectivity index (χ0) is 10.3. The molecule has 2 rings (SSSR count). The number of nitrogens with one attached hydrogen (secondary N) is 1. The van der Waals surface area contributed by atoms with Gasteiger partial charge >= 0.3 is 51.4 Å². The Hall–Kier alpha value is 0.236. The van der Waals surface area contributed by atoms with Gasteiger partial charge in [-0.2, -0.15) is 8.42 Å². The number of aromatic nitrogens is 2. The normalized spacial score (nSPS) is 11.3. The standard InChI is InChI=1S/C8H8N2O3S.K.H/c1-5-9-6-3-2-4-7(8(6)10-5)14(11,12)13;;/h2-4H,1H3,(H,9,10)(H,11,12,13);;/q;+1;-1. The van der Waals surface area contributed by atoms with Crippen molar-refractivity contribution in [2.24, 2.45) is 0 Å². The van der Waals surface area contributed by atoms with Crippen LogP contribution in [0.3, 0.4) is 0 Å². The number of H-pyrrole nitrogens is 1. The number of fused-ring (bicyclic) bond motifs is 1. The molecule has 76 valence electrons. The van der Waals surface area contributed by atoms with Gasteiger partial charge in [0, 0.05) is 0 Å². The number of para-hydroxylation sites is 1. The van der Waals surface area contributed by atoms with Crippen LogP contribution in [0.1, 0.15) is 7.25 Å². The third kappa shape index (κ3) is 2.67. The van der Waals surface area contributed by atoms with Crippen molar-refractivity contribution in [3.8, 4) is 0 Å². The average Bonchev–Trinajstić information content (AvgIpc) is 2.41. The number of aryl methyl sites for hydroxylation is 1. The average molecular weight is 252 g/mol. The molecule has 0 aliphatic heterocycles. The van der Waals surface area contributed by atoms with Crippen LogP contribution in [-0.2, 0) is 10.1 Å². The molecule has 2 N–H and O–H groups in total. The third-order valence-electron chi connectivity index (χ3n) is 1.87. The van der Waals surface area contributed by atoms with E-state index in [-0.39, 0.29) is 63.2 Å². The molecule has 0 atom stereocenters. The number of nitrogens with zero attached hydrogens (tertiary/aromatic N) is 1. The van der Waals surface area contributed by atoms with Crippen LogP contribution in [0.2, 0.25) is 0 Å². The van der Waals surface area contributed by atoms with E-state index in [0.29, 0.717) is 11.3 Å². The van der Waals surface area contributed by atoms with Crippen LogP contribution < -0.4 is 51.4 Å². The predicted molar refractivity (Wildman–Crippen MR) is 51.8 cm³/mol. The van der Waals surface area contributed by atoms with Crippen LogP contribution in [0.25, 0.3) is 11.0 Å². The van der Waals surface area contributed by atoms with Crippen LogP contribution >= 0.6 is 0 Å². The fourth-order valence-corrected chi connectivity index (χ4v) is 1.99. The fourth-order valence-electron chi connectivity index (χ4n) is 1.34. The second-order valence-electron chi connectivity index (χ2n) is 2.95. The Kier molecular flexibility index (Phi) is 4.10. The maximum atomic E-state index is 11.0. The van der Waals surface area contributed by atoms with Gasteiger partial charge in [0.05, 0.1) is 5.52 Å². The molecule has 0 amide bonds. The maximum absolute atomic E-state index is 11.0. The van der Waals surface area contributed by atoms with Crippen molar-refractivity contribution >= 4 is 21.2 Å². The number of aromatic amines is 1. The summed E-state index contributed by atoms with van der Waals surface area (Å²) < 4.78 is 30.8. The van der Waals surface area contributed by atoms with Crippen molar-refractivity contribution in [3.63, 3.8) is 0 Å². The molecular weight excluding hydrogens is 243 g/mol. The minimum absolute atomic E-state index is 0. The van der Waals surface area contributed by atoms with Crippen LogP contribution in [-0.4, -0.2) is 22.9 Å². The van der Waals surface area contributed by atoms with Gasteiger partial charge in [-0.25, -0.2) is 4.98 Å². The quantitative estimate of drug-likeness (QED) is 0.465. The van der Waals surface area contributed by atoms with Crippen molar-refractivity contribution < 1.29 is 65.8 Å². The Morgan fingerprint density at radius 2 is 2.13 bits per heavy atom. The fraction of sp³-hybridized carbons (Fsp3) is 0.125. The first kappa shape index (κ1) is 13.3. The van der Waals surface area contributed by atoms with Gasteiger partial charge in [-0.15, -0.1) is 0 Å². The molecule has 0 radical (unpaired) electrons. The Morgan fingerprint density at radius 3 is 2.73 bits per heavy atom. The zero-order valence-corrected chi connectivity index (χ0v) is 12.3. The second-order valence-corrected chi connectivity index (χ2v) is 4.34. The van der Waals surface area contributed by atoms with E-state index in [2.05, 4.69) is 9.97 Å². The monoisotopic (exact) mass is 252 g/mol. The van der Waals surface area contributed by atoms with E-state index in [1.807, 2.05) is 0 Å². The second kappa shape index (κ2) is 4.62. The zero-order valence-electron chi connectivity index (χ0n) is 9.35. The summed E-state index contributed by atoms with van der Waals surface area (Å²) in [5.41, 5.74) is 0.866. The topological polar surface area (TPSA) is 83.1 Å². The van der Waals surface area contributed by atoms with Crippen molar-refractivity contribution in [3.05, 3.63) is 24.0 Å². The van der Waals surface area contributed by atoms with E-state index in [1.54, 1.807) is 19.1 Å². The Balaban J connectivity index is 0.00000112. The molecule has 7 heteroatoms. The number of hydrogen-bond donors (Lipinski definition) is 2. The van der Waals surface area contributed by atoms with Gasteiger partial charge in [-0.3, -0.25) is 4.55 Å². The molecule has 0 saturated heterocycles. The Labute approximate surface area is 131 Å². The molecule has 0 bridgehead atoms. The Morgan fingerprint density at radius 1 is 1.47 bits per heavy atom. The van der Waals surface area contributed by atoms with E-state index in [4.69, 9.17) is 4.55 Å². The van der Waals surface area contributed by atoms with Gasteiger partial charge in [0.25, 0.3) is 10.1 Å². The number of imidazole rings is 1. The smallest absolute Gasteiger partial charge is 1.00 e. The van der Waals surface area contributed by atoms with E-state index >= 15 is 0 Å². The molecular formula is C8H9KN2O3S. The molecule has 1 aromatic carbocycles. The van der Waals surface area contributed by atoms with Gasteiger partial charge < -0.3 is 6.41 Å². The minimum Gasteiger partial charge on any atom is -1.00 e. The largest absolute Gasteiger partial charge is 1.00 e. The summed E-state index contributed by atoms with van der Waals surface area (Å²) in [5.74, 6) is 0.608. The predicted octanol–water partition coefficient (Wildman–Crippen LogP) is -1.77. The van der Waals surface area contributed by atoms with Gasteiger partial charge in [0.2, 0.25) is 0 Å². The van der Waals surface area contributed by atoms with Gasteiger partial charge in [0.15, 0.2) is 0 Å². The number of rotatable bonds is 1. The first-order valence-electron chi connectivity index (χ1n) is 3.91. The summed E-state index contributed by atoms with van der Waals surface area (Å²) in [6.07, 6.45) is 0. The molecule has 0 spiro atoms. The summed E-state index contributed by atoms with van der Waals surface area (Å²) in [4.78, 5) is 6.70. The first-order valence-corrected chi connectivity index (χ1v) is 5.35. The van der Waals surface area contributed by atoms with Crippen molar-refractivity contribution in [2.45, 2.75) is 11.8 Å². The van der Waals surface area contributed by atoms with E-state index < -0.39 is 10.1 Å². The third-order valence-corrected chi connectivity index (χ3v) is 2.76. The molecule has 0 aliphatic rings. The first-order chi connectivity index (χ1) is 6.48. The molecule has 15 heavy (non-hydrogen) atoms. The summed E-state index contributed by atoms with van der Waals surface area (Å²) in [7, 11) is -4.20. The van der Waals surface area contributed by atoms with E-state index in [1.165, 1.54) is 6.07 Å². The van der Waals surface area contributed by atoms with Crippen LogP contribution in [0.15, 0.2) is 23.1 Å². The maximum Gasteiger partial charge on any atom is 1.00 e. The summed E-state index contributed by atoms with van der Waals surface area (Å²) in [6, 6.07) is 4.56. The van der Waals surface area contributed by atoms with Crippen molar-refractivity contribution in [1.82, 2.24) is 9.97 Å². The van der Waals surface area contributed by atoms with Crippen LogP contribution in [0.5, 0.6) is 0 Å². The number of hydrogen-bond acceptors (Lipinski definition) is 3. The summed E-state index contributed by atoms with van der Waals surface area (Å²) in [5, 5.41) is 0. The van der Waals surface area contributed by atoms with Gasteiger partial charge in [-0.1, -0.05) is 6.07 Å². The van der Waals surface area contributed by atoms with Crippen LogP contribution in [0, 0.1) is 6.92 Å². The van der Waals surface area contributed by atoms with Gasteiger partial charge in [-0.05, 0) is 19.1 Å². The molecule has 0 unspecified atom stereocenters. The van der Waals surface area contributed by atoms with Crippen molar-refractivity contribution in [2.75, 3.05) is 0 Å². The molecule has 5 nitrogen and oxygen atoms in total. The van der Waals surface area contributed by atoms with E-state index in [9.17, 15) is 8.42 Å². The molecule has 1 heterocycles. The molecule has 0 fully saturated rings. The summed E-state index contributed by atoms with van der Waals surface area (Å²) >= 11 is 0. The summed E-state index contributed by atoms with van der Waals surface area (Å²) in [6.45, 7) is 1.72.